The molecule has 2 rings (SSSR count). The van der Waals surface area contributed by atoms with Crippen molar-refractivity contribution in [1.82, 2.24) is 0 Å². The summed E-state index contributed by atoms with van der Waals surface area (Å²) in [6.07, 6.45) is 2.14. The van der Waals surface area contributed by atoms with Gasteiger partial charge in [0.15, 0.2) is 9.84 Å². The zero-order valence-electron chi connectivity index (χ0n) is 12.2. The van der Waals surface area contributed by atoms with Gasteiger partial charge in [-0.25, -0.2) is 8.42 Å². The third-order valence-electron chi connectivity index (χ3n) is 3.80. The van der Waals surface area contributed by atoms with Crippen molar-refractivity contribution in [3.8, 4) is 0 Å². The predicted octanol–water partition coefficient (Wildman–Crippen LogP) is 2.17. The van der Waals surface area contributed by atoms with Crippen LogP contribution in [0.4, 0.5) is 5.69 Å². The Morgan fingerprint density at radius 2 is 2.00 bits per heavy atom. The van der Waals surface area contributed by atoms with Gasteiger partial charge in [-0.05, 0) is 43.5 Å². The second-order valence-corrected chi connectivity index (χ2v) is 7.55. The van der Waals surface area contributed by atoms with Crippen LogP contribution in [-0.4, -0.2) is 38.3 Å². The van der Waals surface area contributed by atoms with Gasteiger partial charge < -0.3 is 10.0 Å². The number of nitrogens with zero attached hydrogens (tertiary/aromatic N) is 1. The van der Waals surface area contributed by atoms with Gasteiger partial charge in [0.1, 0.15) is 0 Å². The van der Waals surface area contributed by atoms with Crippen molar-refractivity contribution in [3.05, 3.63) is 24.3 Å². The van der Waals surface area contributed by atoms with E-state index in [9.17, 15) is 13.2 Å². The van der Waals surface area contributed by atoms with Crippen LogP contribution in [0.2, 0.25) is 0 Å². The number of benzene rings is 1. The fourth-order valence-electron chi connectivity index (χ4n) is 2.66. The molecular formula is C15H21NO4S. The molecule has 1 aromatic carbocycles. The molecule has 0 spiro atoms. The van der Waals surface area contributed by atoms with E-state index in [1.54, 1.807) is 24.3 Å². The van der Waals surface area contributed by atoms with Gasteiger partial charge in [-0.1, -0.05) is 6.92 Å². The highest BCUT2D eigenvalue weighted by molar-refractivity contribution is 7.91. The third kappa shape index (κ3) is 3.75. The van der Waals surface area contributed by atoms with E-state index in [0.717, 1.165) is 18.7 Å². The average molecular weight is 311 g/mol. The maximum Gasteiger partial charge on any atom is 0.308 e. The first-order valence-electron chi connectivity index (χ1n) is 7.24. The van der Waals surface area contributed by atoms with Crippen LogP contribution in [0.5, 0.6) is 0 Å². The smallest absolute Gasteiger partial charge is 0.308 e. The van der Waals surface area contributed by atoms with Crippen LogP contribution in [0.15, 0.2) is 29.2 Å². The van der Waals surface area contributed by atoms with Crippen molar-refractivity contribution >= 4 is 21.5 Å². The third-order valence-corrected chi connectivity index (χ3v) is 5.74. The molecular weight excluding hydrogens is 290 g/mol. The lowest BCUT2D eigenvalue weighted by Crippen LogP contribution is -2.38. The fraction of sp³-hybridized carbons (Fsp3) is 0.533. The molecule has 1 aromatic rings. The lowest BCUT2D eigenvalue weighted by molar-refractivity contribution is -0.141. The van der Waals surface area contributed by atoms with Gasteiger partial charge in [0, 0.05) is 18.8 Å². The minimum Gasteiger partial charge on any atom is -0.481 e. The number of carboxylic acids is 1. The van der Waals surface area contributed by atoms with Crippen molar-refractivity contribution in [1.29, 1.82) is 0 Å². The highest BCUT2D eigenvalue weighted by atomic mass is 32.2. The van der Waals surface area contributed by atoms with Crippen LogP contribution >= 0.6 is 0 Å². The molecule has 1 N–H and O–H groups in total. The summed E-state index contributed by atoms with van der Waals surface area (Å²) in [5, 5.41) is 9.11. The molecule has 0 aliphatic carbocycles. The normalized spacial score (nSPS) is 19.5. The zero-order chi connectivity index (χ0) is 15.5. The van der Waals surface area contributed by atoms with E-state index in [4.69, 9.17) is 5.11 Å². The van der Waals surface area contributed by atoms with Gasteiger partial charge in [-0.2, -0.15) is 0 Å². The molecule has 0 saturated carbocycles. The standard InChI is InChI=1S/C15H21NO4S/c1-2-10-21(19,20)14-7-5-13(6-8-14)16-9-3-4-12(11-16)15(17)18/h5-8,12H,2-4,9-11H2,1H3,(H,17,18). The molecule has 1 unspecified atom stereocenters. The number of carboxylic acid groups (broad SMARTS) is 1. The lowest BCUT2D eigenvalue weighted by atomic mass is 9.98. The molecule has 116 valence electrons. The Bertz CT molecular complexity index is 595. The number of piperidine rings is 1. The van der Waals surface area contributed by atoms with E-state index in [1.165, 1.54) is 0 Å². The Hall–Kier alpha value is -1.56. The van der Waals surface area contributed by atoms with Gasteiger partial charge >= 0.3 is 5.97 Å². The first-order chi connectivity index (χ1) is 9.94. The molecule has 1 heterocycles. The fourth-order valence-corrected chi connectivity index (χ4v) is 3.99. The topological polar surface area (TPSA) is 74.7 Å². The van der Waals surface area contributed by atoms with E-state index in [2.05, 4.69) is 0 Å². The SMILES string of the molecule is CCCS(=O)(=O)c1ccc(N2CCCC(C(=O)O)C2)cc1. The van der Waals surface area contributed by atoms with Gasteiger partial charge in [-0.3, -0.25) is 4.79 Å². The minimum absolute atomic E-state index is 0.150. The summed E-state index contributed by atoms with van der Waals surface area (Å²) in [6.45, 7) is 3.13. The van der Waals surface area contributed by atoms with Crippen molar-refractivity contribution in [3.63, 3.8) is 0 Å². The van der Waals surface area contributed by atoms with Crippen molar-refractivity contribution in [2.24, 2.45) is 5.92 Å². The molecule has 0 radical (unpaired) electrons. The zero-order valence-corrected chi connectivity index (χ0v) is 13.0. The second kappa shape index (κ2) is 6.47. The summed E-state index contributed by atoms with van der Waals surface area (Å²) >= 11 is 0. The first kappa shape index (κ1) is 15.8. The van der Waals surface area contributed by atoms with Crippen LogP contribution in [-0.2, 0) is 14.6 Å². The monoisotopic (exact) mass is 311 g/mol. The molecule has 0 aromatic heterocycles. The summed E-state index contributed by atoms with van der Waals surface area (Å²) in [5.74, 6) is -0.957. The van der Waals surface area contributed by atoms with Crippen LogP contribution in [0, 0.1) is 5.92 Å². The van der Waals surface area contributed by atoms with Gasteiger partial charge in [0.05, 0.1) is 16.6 Å². The highest BCUT2D eigenvalue weighted by Crippen LogP contribution is 2.25. The molecule has 1 aliphatic rings. The number of anilines is 1. The van der Waals surface area contributed by atoms with E-state index < -0.39 is 15.8 Å². The van der Waals surface area contributed by atoms with E-state index >= 15 is 0 Å². The van der Waals surface area contributed by atoms with Crippen LogP contribution < -0.4 is 4.90 Å². The Labute approximate surface area is 125 Å². The number of rotatable bonds is 5. The van der Waals surface area contributed by atoms with E-state index in [0.29, 0.717) is 24.3 Å². The molecule has 21 heavy (non-hydrogen) atoms. The molecule has 1 aliphatic heterocycles. The summed E-state index contributed by atoms with van der Waals surface area (Å²) in [6, 6.07) is 6.77. The largest absolute Gasteiger partial charge is 0.481 e. The minimum atomic E-state index is -3.19. The number of aliphatic carboxylic acids is 1. The molecule has 6 heteroatoms. The molecule has 0 amide bonds. The van der Waals surface area contributed by atoms with E-state index in [1.807, 2.05) is 11.8 Å². The number of carbonyl (C=O) groups is 1. The number of sulfone groups is 1. The Morgan fingerprint density at radius 1 is 1.33 bits per heavy atom. The lowest BCUT2D eigenvalue weighted by Gasteiger charge is -2.32. The number of hydrogen-bond acceptors (Lipinski definition) is 4. The Morgan fingerprint density at radius 3 is 2.57 bits per heavy atom. The maximum atomic E-state index is 12.0. The predicted molar refractivity (Wildman–Crippen MR) is 81.4 cm³/mol. The van der Waals surface area contributed by atoms with Crippen molar-refractivity contribution in [2.45, 2.75) is 31.1 Å². The quantitative estimate of drug-likeness (QED) is 0.902. The van der Waals surface area contributed by atoms with E-state index in [-0.39, 0.29) is 11.7 Å². The summed E-state index contributed by atoms with van der Waals surface area (Å²) in [5.41, 5.74) is 0.886. The maximum absolute atomic E-state index is 12.0. The molecule has 1 saturated heterocycles. The van der Waals surface area contributed by atoms with Crippen LogP contribution in [0.1, 0.15) is 26.2 Å². The Balaban J connectivity index is 2.14. The molecule has 5 nitrogen and oxygen atoms in total. The number of hydrogen-bond donors (Lipinski definition) is 1. The molecule has 0 bridgehead atoms. The highest BCUT2D eigenvalue weighted by Gasteiger charge is 2.25. The summed E-state index contributed by atoms with van der Waals surface area (Å²) in [7, 11) is -3.19. The molecule has 1 fully saturated rings. The van der Waals surface area contributed by atoms with Crippen molar-refractivity contribution in [2.75, 3.05) is 23.7 Å². The average Bonchev–Trinajstić information content (AvgIpc) is 2.47. The Kier molecular flexibility index (Phi) is 4.88. The van der Waals surface area contributed by atoms with Crippen LogP contribution in [0.25, 0.3) is 0 Å². The van der Waals surface area contributed by atoms with Crippen molar-refractivity contribution < 1.29 is 18.3 Å². The van der Waals surface area contributed by atoms with Gasteiger partial charge in [-0.15, -0.1) is 0 Å². The molecule has 1 atom stereocenters. The second-order valence-electron chi connectivity index (χ2n) is 5.44. The summed E-state index contributed by atoms with van der Waals surface area (Å²) < 4.78 is 23.9. The van der Waals surface area contributed by atoms with Gasteiger partial charge in [0.2, 0.25) is 0 Å². The van der Waals surface area contributed by atoms with Gasteiger partial charge in [0.25, 0.3) is 0 Å². The first-order valence-corrected chi connectivity index (χ1v) is 8.90. The summed E-state index contributed by atoms with van der Waals surface area (Å²) in [4.78, 5) is 13.4. The van der Waals surface area contributed by atoms with Crippen LogP contribution in [0.3, 0.4) is 0 Å².